The molecule has 0 N–H and O–H groups in total. The maximum atomic E-state index is 4.93. The van der Waals surface area contributed by atoms with Crippen LogP contribution >= 0.6 is 17.0 Å². The minimum absolute atomic E-state index is 0. The molecule has 0 aliphatic heterocycles. The normalized spacial score (nSPS) is 48.6. The molecular weight excluding hydrogens is 563 g/mol. The van der Waals surface area contributed by atoms with Gasteiger partial charge in [-0.3, -0.25) is 0 Å². The molecule has 0 amide bonds. The molecule has 35 heavy (non-hydrogen) atoms. The Hall–Kier alpha value is 1.68. The van der Waals surface area contributed by atoms with Crippen LogP contribution in [0.25, 0.3) is 0 Å². The fraction of sp³-hybridized carbons (Fsp3) is 0.935. The summed E-state index contributed by atoms with van der Waals surface area (Å²) >= 11 is -0.826. The van der Waals surface area contributed by atoms with E-state index in [1.807, 2.05) is 0 Å². The van der Waals surface area contributed by atoms with E-state index < -0.39 is 28.9 Å². The Kier molecular flexibility index (Phi) is 10.6. The van der Waals surface area contributed by atoms with Gasteiger partial charge in [-0.15, -0.1) is 0 Å². The van der Waals surface area contributed by atoms with Crippen molar-refractivity contribution >= 4 is 25.1 Å². The van der Waals surface area contributed by atoms with Gasteiger partial charge in [0.2, 0.25) is 0 Å². The van der Waals surface area contributed by atoms with Crippen LogP contribution in [0.1, 0.15) is 97.3 Å². The molecule has 12 unspecified atom stereocenters. The molecule has 6 rings (SSSR count). The first-order chi connectivity index (χ1) is 16.4. The molecule has 0 heterocycles. The Morgan fingerprint density at radius 2 is 1.20 bits per heavy atom. The Balaban J connectivity index is 0.000000689. The van der Waals surface area contributed by atoms with E-state index in [2.05, 4.69) is 33.4 Å². The molecule has 0 bridgehead atoms. The summed E-state index contributed by atoms with van der Waals surface area (Å²) in [5.74, 6) is 10.7. The second-order valence-electron chi connectivity index (χ2n) is 14.3. The van der Waals surface area contributed by atoms with Crippen molar-refractivity contribution in [2.75, 3.05) is 0 Å². The molecule has 12 atom stereocenters. The van der Waals surface area contributed by atoms with Gasteiger partial charge >= 0.3 is 37.9 Å². The van der Waals surface area contributed by atoms with Gasteiger partial charge in [-0.05, 0) is 66.7 Å². The molecule has 0 aromatic carbocycles. The second-order valence-corrected chi connectivity index (χ2v) is 23.1. The van der Waals surface area contributed by atoms with Gasteiger partial charge in [-0.25, -0.2) is 0 Å². The van der Waals surface area contributed by atoms with Gasteiger partial charge in [-0.2, -0.15) is 11.8 Å². The van der Waals surface area contributed by atoms with E-state index in [-0.39, 0.29) is 7.43 Å². The molecule has 0 spiro atoms. The van der Waals surface area contributed by atoms with Crippen LogP contribution in [0.5, 0.6) is 0 Å². The molecule has 6 aliphatic rings. The van der Waals surface area contributed by atoms with Crippen molar-refractivity contribution < 1.29 is 20.8 Å². The van der Waals surface area contributed by atoms with Crippen LogP contribution in [0, 0.1) is 73.0 Å². The van der Waals surface area contributed by atoms with Gasteiger partial charge in [0.1, 0.15) is 0 Å². The Labute approximate surface area is 238 Å². The molecule has 6 aliphatic carbocycles. The molecule has 0 aromatic heterocycles. The first kappa shape index (κ1) is 29.7. The van der Waals surface area contributed by atoms with Gasteiger partial charge in [0.15, 0.2) is 0 Å². The molecule has 0 saturated heterocycles. The number of hydrogen-bond acceptors (Lipinski definition) is 0. The van der Waals surface area contributed by atoms with Gasteiger partial charge in [0.05, 0.1) is 8.07 Å². The molecular formula is C31H54Cl2SiZr. The number of fused-ring (bicyclic) bond motifs is 6. The minimum atomic E-state index is -1.32. The zero-order valence-corrected chi connectivity index (χ0v) is 28.4. The molecule has 6 saturated carbocycles. The Bertz CT molecular complexity index is 631. The van der Waals surface area contributed by atoms with E-state index in [0.29, 0.717) is 0 Å². The fourth-order valence-corrected chi connectivity index (χ4v) is 18.7. The van der Waals surface area contributed by atoms with Crippen molar-refractivity contribution in [1.29, 1.82) is 0 Å². The van der Waals surface area contributed by atoms with Crippen molar-refractivity contribution in [3.05, 3.63) is 13.8 Å². The molecule has 0 aromatic rings. The van der Waals surface area contributed by atoms with Crippen LogP contribution in [0.2, 0.25) is 24.2 Å². The van der Waals surface area contributed by atoms with Crippen LogP contribution in [-0.2, 0) is 20.8 Å². The first-order valence-electron chi connectivity index (χ1n) is 15.2. The number of hydrogen-bond donors (Lipinski definition) is 0. The first-order valence-corrected chi connectivity index (χ1v) is 24.7. The van der Waals surface area contributed by atoms with Crippen molar-refractivity contribution in [3.8, 4) is 0 Å². The summed E-state index contributed by atoms with van der Waals surface area (Å²) in [6.45, 7) is 11.2. The third kappa shape index (κ3) is 5.51. The van der Waals surface area contributed by atoms with Gasteiger partial charge in [-0.1, -0.05) is 102 Å². The standard InChI is InChI=1S/C30H51Si.CH3.2ClH.Zr/c1-19-17-27-23-11-7-5-9-21(23)13-15-25(27)29(19)31(3,4)30-20(2)18-28-24-12-8-6-10-22(24)14-16-26(28)30;;;;/h17,19-30H,5-16,18H2,1-4H3;1H3;2*1H;/q2*-1;;;+4/p-2. The summed E-state index contributed by atoms with van der Waals surface area (Å²) in [4.78, 5) is 0. The van der Waals surface area contributed by atoms with E-state index in [1.54, 1.807) is 70.6 Å². The van der Waals surface area contributed by atoms with Crippen molar-refractivity contribution in [1.82, 2.24) is 0 Å². The molecule has 200 valence electrons. The van der Waals surface area contributed by atoms with Gasteiger partial charge in [0, 0.05) is 0 Å². The molecule has 0 nitrogen and oxygen atoms in total. The quantitative estimate of drug-likeness (QED) is 0.214. The molecule has 6 fully saturated rings. The van der Waals surface area contributed by atoms with Gasteiger partial charge in [0.25, 0.3) is 0 Å². The third-order valence-electron chi connectivity index (χ3n) is 12.8. The predicted molar refractivity (Wildman–Crippen MR) is 154 cm³/mol. The summed E-state index contributed by atoms with van der Waals surface area (Å²) in [6, 6.07) is 0. The van der Waals surface area contributed by atoms with E-state index in [4.69, 9.17) is 17.0 Å². The van der Waals surface area contributed by atoms with Crippen molar-refractivity contribution in [3.63, 3.8) is 0 Å². The second kappa shape index (κ2) is 12.5. The summed E-state index contributed by atoms with van der Waals surface area (Å²) in [7, 11) is 8.54. The number of rotatable bonds is 2. The van der Waals surface area contributed by atoms with E-state index in [1.165, 1.54) is 12.8 Å². The fourth-order valence-electron chi connectivity index (χ4n) is 12.2. The monoisotopic (exact) mass is 614 g/mol. The van der Waals surface area contributed by atoms with Crippen LogP contribution in [0.3, 0.4) is 0 Å². The van der Waals surface area contributed by atoms with E-state index in [0.717, 1.165) is 70.3 Å². The maximum absolute atomic E-state index is 4.93. The summed E-state index contributed by atoms with van der Waals surface area (Å²) < 4.78 is 0. The predicted octanol–water partition coefficient (Wildman–Crippen LogP) is 10.8. The topological polar surface area (TPSA) is 0 Å². The van der Waals surface area contributed by atoms with E-state index in [9.17, 15) is 0 Å². The Morgan fingerprint density at radius 3 is 1.86 bits per heavy atom. The van der Waals surface area contributed by atoms with Crippen LogP contribution < -0.4 is 0 Å². The Morgan fingerprint density at radius 1 is 0.657 bits per heavy atom. The third-order valence-corrected chi connectivity index (χ3v) is 18.1. The summed E-state index contributed by atoms with van der Waals surface area (Å²) in [5.41, 5.74) is 2.22. The number of halogens is 2. The van der Waals surface area contributed by atoms with Crippen LogP contribution in [-0.4, -0.2) is 8.07 Å². The van der Waals surface area contributed by atoms with Gasteiger partial charge < -0.3 is 13.8 Å². The zero-order chi connectivity index (χ0) is 24.0. The van der Waals surface area contributed by atoms with Crippen molar-refractivity contribution in [2.24, 2.45) is 59.2 Å². The van der Waals surface area contributed by atoms with Crippen molar-refractivity contribution in [2.45, 2.75) is 121 Å². The molecule has 4 heteroatoms. The summed E-state index contributed by atoms with van der Waals surface area (Å²) in [5, 5.41) is 0. The average molecular weight is 617 g/mol. The van der Waals surface area contributed by atoms with Crippen LogP contribution in [0.15, 0.2) is 0 Å². The average Bonchev–Trinajstić information content (AvgIpc) is 3.36. The summed E-state index contributed by atoms with van der Waals surface area (Å²) in [6.07, 6.45) is 23.4. The van der Waals surface area contributed by atoms with Crippen LogP contribution in [0.4, 0.5) is 0 Å². The zero-order valence-electron chi connectivity index (χ0n) is 23.5. The van der Waals surface area contributed by atoms with E-state index >= 15 is 0 Å². The SMILES string of the molecule is CC1[CH-]C2C3CCCCC3CCC2C1[Si](C)(C)C1C(C)CC2C3CCCCC3CCC21.[CH3-].[Cl][Zr+2][Cl]. The molecule has 0 radical (unpaired) electrons.